The molecule has 0 bridgehead atoms. The smallest absolute Gasteiger partial charge is 0.236 e. The van der Waals surface area contributed by atoms with E-state index in [9.17, 15) is 14.0 Å². The molecule has 1 aromatic rings. The number of carbonyl (C=O) groups excluding carboxylic acids is 2. The lowest BCUT2D eigenvalue weighted by atomic mass is 10.2. The Balaban J connectivity index is 1.71. The molecule has 0 radical (unpaired) electrons. The minimum atomic E-state index is -0.344. The van der Waals surface area contributed by atoms with Crippen molar-refractivity contribution in [2.75, 3.05) is 46.4 Å². The zero-order chi connectivity index (χ0) is 16.7. The lowest BCUT2D eigenvalue weighted by molar-refractivity contribution is -0.136. The van der Waals surface area contributed by atoms with Crippen LogP contribution in [-0.2, 0) is 20.9 Å². The molecule has 7 heteroatoms. The fraction of sp³-hybridized carbons (Fsp3) is 0.500. The van der Waals surface area contributed by atoms with Gasteiger partial charge in [0.15, 0.2) is 0 Å². The minimum absolute atomic E-state index is 0.0160. The lowest BCUT2D eigenvalue weighted by Crippen LogP contribution is -2.46. The van der Waals surface area contributed by atoms with Gasteiger partial charge in [0.05, 0.1) is 26.3 Å². The largest absolute Gasteiger partial charge is 0.378 e. The number of hydrogen-bond donors (Lipinski definition) is 1. The zero-order valence-corrected chi connectivity index (χ0v) is 13.3. The Morgan fingerprint density at radius 2 is 1.96 bits per heavy atom. The number of halogens is 1. The van der Waals surface area contributed by atoms with Crippen molar-refractivity contribution in [3.63, 3.8) is 0 Å². The average molecular weight is 323 g/mol. The van der Waals surface area contributed by atoms with E-state index in [-0.39, 0.29) is 37.3 Å². The fourth-order valence-electron chi connectivity index (χ4n) is 2.34. The molecular formula is C16H22FN3O3. The highest BCUT2D eigenvalue weighted by atomic mass is 19.1. The van der Waals surface area contributed by atoms with E-state index in [1.807, 2.05) is 0 Å². The van der Waals surface area contributed by atoms with E-state index in [0.717, 1.165) is 0 Å². The Kier molecular flexibility index (Phi) is 6.49. The number of benzene rings is 1. The second-order valence-corrected chi connectivity index (χ2v) is 5.53. The highest BCUT2D eigenvalue weighted by molar-refractivity contribution is 5.81. The van der Waals surface area contributed by atoms with Gasteiger partial charge in [0.2, 0.25) is 11.8 Å². The number of morpholine rings is 1. The van der Waals surface area contributed by atoms with E-state index in [2.05, 4.69) is 5.32 Å². The van der Waals surface area contributed by atoms with Gasteiger partial charge in [0.1, 0.15) is 5.82 Å². The first-order chi connectivity index (χ1) is 11.1. The van der Waals surface area contributed by atoms with E-state index >= 15 is 0 Å². The van der Waals surface area contributed by atoms with E-state index < -0.39 is 0 Å². The Morgan fingerprint density at radius 3 is 2.65 bits per heavy atom. The van der Waals surface area contributed by atoms with Crippen LogP contribution < -0.4 is 5.32 Å². The molecule has 2 amide bonds. The summed E-state index contributed by atoms with van der Waals surface area (Å²) in [7, 11) is 1.71. The maximum atomic E-state index is 13.5. The van der Waals surface area contributed by atoms with Gasteiger partial charge in [-0.1, -0.05) is 18.2 Å². The van der Waals surface area contributed by atoms with Crippen molar-refractivity contribution in [1.82, 2.24) is 15.1 Å². The van der Waals surface area contributed by atoms with Crippen LogP contribution in [0.15, 0.2) is 24.3 Å². The van der Waals surface area contributed by atoms with Gasteiger partial charge in [-0.15, -0.1) is 0 Å². The summed E-state index contributed by atoms with van der Waals surface area (Å²) in [4.78, 5) is 27.3. The van der Waals surface area contributed by atoms with E-state index in [1.54, 1.807) is 35.0 Å². The number of carbonyl (C=O) groups is 2. The van der Waals surface area contributed by atoms with Crippen molar-refractivity contribution in [3.8, 4) is 0 Å². The van der Waals surface area contributed by atoms with Gasteiger partial charge < -0.3 is 15.0 Å². The summed E-state index contributed by atoms with van der Waals surface area (Å²) in [6.07, 6.45) is 0. The topological polar surface area (TPSA) is 61.9 Å². The summed E-state index contributed by atoms with van der Waals surface area (Å²) in [6, 6.07) is 6.30. The van der Waals surface area contributed by atoms with Crippen LogP contribution in [0.5, 0.6) is 0 Å². The van der Waals surface area contributed by atoms with Crippen molar-refractivity contribution in [1.29, 1.82) is 0 Å². The number of rotatable bonds is 6. The Labute approximate surface area is 135 Å². The number of likely N-dealkylation sites (N-methyl/N-ethyl adjacent to an activating group) is 1. The van der Waals surface area contributed by atoms with Crippen molar-refractivity contribution in [3.05, 3.63) is 35.6 Å². The third kappa shape index (κ3) is 5.61. The molecule has 0 aromatic heterocycles. The van der Waals surface area contributed by atoms with Crippen LogP contribution in [0.1, 0.15) is 5.56 Å². The van der Waals surface area contributed by atoms with E-state index in [4.69, 9.17) is 4.74 Å². The molecule has 126 valence electrons. The van der Waals surface area contributed by atoms with Crippen LogP contribution in [0, 0.1) is 5.82 Å². The first-order valence-electron chi connectivity index (χ1n) is 7.60. The molecule has 1 aliphatic heterocycles. The fourth-order valence-corrected chi connectivity index (χ4v) is 2.34. The Hall–Kier alpha value is -1.99. The summed E-state index contributed by atoms with van der Waals surface area (Å²) in [5.41, 5.74) is 0.438. The van der Waals surface area contributed by atoms with Crippen LogP contribution in [0.25, 0.3) is 0 Å². The van der Waals surface area contributed by atoms with Gasteiger partial charge in [-0.05, 0) is 13.1 Å². The highest BCUT2D eigenvalue weighted by Gasteiger charge is 2.19. The van der Waals surface area contributed by atoms with Crippen LogP contribution in [0.2, 0.25) is 0 Å². The van der Waals surface area contributed by atoms with Crippen LogP contribution >= 0.6 is 0 Å². The molecule has 1 aliphatic rings. The SMILES string of the molecule is CN(CC(=O)NCc1ccccc1F)CC(=O)N1CCOCC1. The maximum absolute atomic E-state index is 13.5. The molecule has 0 saturated carbocycles. The van der Waals surface area contributed by atoms with Crippen molar-refractivity contribution in [2.24, 2.45) is 0 Å². The molecule has 1 heterocycles. The molecule has 1 fully saturated rings. The van der Waals surface area contributed by atoms with Gasteiger partial charge in [-0.3, -0.25) is 14.5 Å². The van der Waals surface area contributed by atoms with Gasteiger partial charge >= 0.3 is 0 Å². The van der Waals surface area contributed by atoms with E-state index in [1.165, 1.54) is 6.07 Å². The molecule has 2 rings (SSSR count). The molecule has 0 atom stereocenters. The number of nitrogens with one attached hydrogen (secondary N) is 1. The van der Waals surface area contributed by atoms with Gasteiger partial charge in [0.25, 0.3) is 0 Å². The molecule has 0 unspecified atom stereocenters. The standard InChI is InChI=1S/C16H22FN3O3/c1-19(12-16(22)20-6-8-23-9-7-20)11-15(21)18-10-13-4-2-3-5-14(13)17/h2-5H,6-12H2,1H3,(H,18,21). The van der Waals surface area contributed by atoms with Crippen LogP contribution in [0.4, 0.5) is 4.39 Å². The third-order valence-electron chi connectivity index (χ3n) is 3.62. The van der Waals surface area contributed by atoms with E-state index in [0.29, 0.717) is 31.9 Å². The molecule has 0 spiro atoms. The van der Waals surface area contributed by atoms with Gasteiger partial charge in [-0.2, -0.15) is 0 Å². The number of amides is 2. The lowest BCUT2D eigenvalue weighted by Gasteiger charge is -2.28. The molecule has 1 saturated heterocycles. The zero-order valence-electron chi connectivity index (χ0n) is 13.3. The normalized spacial score (nSPS) is 14.8. The predicted octanol–water partition coefficient (Wildman–Crippen LogP) is 0.233. The third-order valence-corrected chi connectivity index (χ3v) is 3.62. The quantitative estimate of drug-likeness (QED) is 0.814. The second kappa shape index (κ2) is 8.59. The first kappa shape index (κ1) is 17.4. The van der Waals surface area contributed by atoms with Gasteiger partial charge in [0, 0.05) is 25.2 Å². The van der Waals surface area contributed by atoms with Crippen LogP contribution in [-0.4, -0.2) is 68.1 Å². The maximum Gasteiger partial charge on any atom is 0.236 e. The number of hydrogen-bond acceptors (Lipinski definition) is 4. The number of ether oxygens (including phenoxy) is 1. The van der Waals surface area contributed by atoms with Gasteiger partial charge in [-0.25, -0.2) is 4.39 Å². The summed E-state index contributed by atoms with van der Waals surface area (Å²) in [5, 5.41) is 2.66. The predicted molar refractivity (Wildman–Crippen MR) is 83.1 cm³/mol. The van der Waals surface area contributed by atoms with Crippen molar-refractivity contribution < 1.29 is 18.7 Å². The summed E-state index contributed by atoms with van der Waals surface area (Å²) >= 11 is 0. The summed E-state index contributed by atoms with van der Waals surface area (Å²) in [6.45, 7) is 2.68. The summed E-state index contributed by atoms with van der Waals surface area (Å²) < 4.78 is 18.7. The van der Waals surface area contributed by atoms with Crippen molar-refractivity contribution in [2.45, 2.75) is 6.54 Å². The summed E-state index contributed by atoms with van der Waals surface area (Å²) in [5.74, 6) is -0.605. The molecule has 23 heavy (non-hydrogen) atoms. The monoisotopic (exact) mass is 323 g/mol. The first-order valence-corrected chi connectivity index (χ1v) is 7.60. The Bertz CT molecular complexity index is 547. The molecule has 1 aromatic carbocycles. The molecular weight excluding hydrogens is 301 g/mol. The average Bonchev–Trinajstić information content (AvgIpc) is 2.54. The molecule has 1 N–H and O–H groups in total. The Morgan fingerprint density at radius 1 is 1.26 bits per heavy atom. The molecule has 6 nitrogen and oxygen atoms in total. The highest BCUT2D eigenvalue weighted by Crippen LogP contribution is 2.05. The number of nitrogens with zero attached hydrogens (tertiary/aromatic N) is 2. The molecule has 0 aliphatic carbocycles. The second-order valence-electron chi connectivity index (χ2n) is 5.53. The van der Waals surface area contributed by atoms with Crippen molar-refractivity contribution >= 4 is 11.8 Å². The van der Waals surface area contributed by atoms with Crippen LogP contribution in [0.3, 0.4) is 0 Å². The minimum Gasteiger partial charge on any atom is -0.378 e.